The molecule has 2 aliphatic heterocycles. The van der Waals surface area contributed by atoms with Crippen LogP contribution in [-0.4, -0.2) is 67.2 Å². The van der Waals surface area contributed by atoms with Crippen molar-refractivity contribution in [3.05, 3.63) is 0 Å². The molecule has 0 aromatic heterocycles. The van der Waals surface area contributed by atoms with Crippen LogP contribution in [-0.2, 0) is 9.53 Å². The quantitative estimate of drug-likeness (QED) is 0.782. The first-order valence-corrected chi connectivity index (χ1v) is 7.07. The third-order valence-electron chi connectivity index (χ3n) is 3.92. The van der Waals surface area contributed by atoms with Gasteiger partial charge >= 0.3 is 6.09 Å². The molecule has 6 nitrogen and oxygen atoms in total. The predicted octanol–water partition coefficient (Wildman–Crippen LogP) is 0.285. The van der Waals surface area contributed by atoms with Crippen LogP contribution < -0.4 is 5.32 Å². The molecule has 2 saturated heterocycles. The standard InChI is InChI=1S/C13H23N3O3/c1-3-19-13(18)16-8-6-15(7-9-16)12(17)11-10(2)4-5-14-11/h10-11,14H,3-9H2,1-2H3. The lowest BCUT2D eigenvalue weighted by molar-refractivity contribution is -0.135. The van der Waals surface area contributed by atoms with Crippen LogP contribution in [0.3, 0.4) is 0 Å². The van der Waals surface area contributed by atoms with Gasteiger partial charge in [0.05, 0.1) is 12.6 Å². The van der Waals surface area contributed by atoms with E-state index in [9.17, 15) is 9.59 Å². The van der Waals surface area contributed by atoms with E-state index in [0.29, 0.717) is 38.7 Å². The molecule has 2 amide bonds. The second kappa shape index (κ2) is 6.23. The fourth-order valence-corrected chi connectivity index (χ4v) is 2.69. The minimum absolute atomic E-state index is 0.0471. The van der Waals surface area contributed by atoms with E-state index in [4.69, 9.17) is 4.74 Å². The van der Waals surface area contributed by atoms with E-state index in [1.54, 1.807) is 11.8 Å². The number of hydrogen-bond acceptors (Lipinski definition) is 4. The van der Waals surface area contributed by atoms with E-state index in [1.165, 1.54) is 0 Å². The number of piperazine rings is 1. The molecule has 0 bridgehead atoms. The molecule has 2 unspecified atom stereocenters. The Morgan fingerprint density at radius 3 is 2.37 bits per heavy atom. The minimum Gasteiger partial charge on any atom is -0.450 e. The number of hydrogen-bond donors (Lipinski definition) is 1. The van der Waals surface area contributed by atoms with Gasteiger partial charge in [-0.25, -0.2) is 4.79 Å². The summed E-state index contributed by atoms with van der Waals surface area (Å²) >= 11 is 0. The first-order valence-electron chi connectivity index (χ1n) is 7.07. The van der Waals surface area contributed by atoms with Crippen LogP contribution in [0.4, 0.5) is 4.79 Å². The number of rotatable bonds is 2. The molecule has 2 rings (SSSR count). The van der Waals surface area contributed by atoms with E-state index in [2.05, 4.69) is 12.2 Å². The molecule has 2 heterocycles. The van der Waals surface area contributed by atoms with E-state index >= 15 is 0 Å². The van der Waals surface area contributed by atoms with Crippen LogP contribution in [0.2, 0.25) is 0 Å². The third-order valence-corrected chi connectivity index (χ3v) is 3.92. The Bertz CT molecular complexity index is 340. The molecule has 0 radical (unpaired) electrons. The Kier molecular flexibility index (Phi) is 4.63. The highest BCUT2D eigenvalue weighted by Crippen LogP contribution is 2.17. The maximum absolute atomic E-state index is 12.3. The van der Waals surface area contributed by atoms with Crippen molar-refractivity contribution in [2.24, 2.45) is 5.92 Å². The fraction of sp³-hybridized carbons (Fsp3) is 0.846. The average Bonchev–Trinajstić information content (AvgIpc) is 2.84. The van der Waals surface area contributed by atoms with Crippen LogP contribution in [0.25, 0.3) is 0 Å². The number of carbonyl (C=O) groups excluding carboxylic acids is 2. The zero-order valence-electron chi connectivity index (χ0n) is 11.7. The Morgan fingerprint density at radius 1 is 1.21 bits per heavy atom. The van der Waals surface area contributed by atoms with Crippen LogP contribution in [0.5, 0.6) is 0 Å². The lowest BCUT2D eigenvalue weighted by Crippen LogP contribution is -2.55. The van der Waals surface area contributed by atoms with Gasteiger partial charge in [0.25, 0.3) is 0 Å². The van der Waals surface area contributed by atoms with Crippen LogP contribution >= 0.6 is 0 Å². The summed E-state index contributed by atoms with van der Waals surface area (Å²) in [7, 11) is 0. The molecule has 2 fully saturated rings. The number of ether oxygens (including phenoxy) is 1. The molecule has 2 atom stereocenters. The van der Waals surface area contributed by atoms with Crippen molar-refractivity contribution in [1.29, 1.82) is 0 Å². The number of nitrogens with zero attached hydrogens (tertiary/aromatic N) is 2. The van der Waals surface area contributed by atoms with Gasteiger partial charge in [-0.2, -0.15) is 0 Å². The topological polar surface area (TPSA) is 61.9 Å². The van der Waals surface area contributed by atoms with Gasteiger partial charge in [0.15, 0.2) is 0 Å². The van der Waals surface area contributed by atoms with Crippen LogP contribution in [0, 0.1) is 5.92 Å². The lowest BCUT2D eigenvalue weighted by atomic mass is 10.0. The Balaban J connectivity index is 1.82. The maximum Gasteiger partial charge on any atom is 0.409 e. The fourth-order valence-electron chi connectivity index (χ4n) is 2.69. The van der Waals surface area contributed by atoms with E-state index < -0.39 is 0 Å². The number of carbonyl (C=O) groups is 2. The normalized spacial score (nSPS) is 27.5. The van der Waals surface area contributed by atoms with E-state index in [-0.39, 0.29) is 18.0 Å². The summed E-state index contributed by atoms with van der Waals surface area (Å²) in [6.07, 6.45) is 0.779. The molecular formula is C13H23N3O3. The van der Waals surface area contributed by atoms with Gasteiger partial charge in [-0.3, -0.25) is 4.79 Å². The van der Waals surface area contributed by atoms with E-state index in [0.717, 1.165) is 13.0 Å². The van der Waals surface area contributed by atoms with Gasteiger partial charge in [0.2, 0.25) is 5.91 Å². The summed E-state index contributed by atoms with van der Waals surface area (Å²) in [5.74, 6) is 0.573. The van der Waals surface area contributed by atoms with Crippen molar-refractivity contribution >= 4 is 12.0 Å². The zero-order chi connectivity index (χ0) is 13.8. The molecule has 2 aliphatic rings. The maximum atomic E-state index is 12.3. The van der Waals surface area contributed by atoms with Gasteiger partial charge in [-0.1, -0.05) is 6.92 Å². The molecule has 1 N–H and O–H groups in total. The Morgan fingerprint density at radius 2 is 1.84 bits per heavy atom. The summed E-state index contributed by atoms with van der Waals surface area (Å²) in [6.45, 7) is 7.53. The van der Waals surface area contributed by atoms with Crippen molar-refractivity contribution in [2.45, 2.75) is 26.3 Å². The van der Waals surface area contributed by atoms with Gasteiger partial charge in [-0.05, 0) is 25.8 Å². The van der Waals surface area contributed by atoms with Gasteiger partial charge in [-0.15, -0.1) is 0 Å². The van der Waals surface area contributed by atoms with Gasteiger partial charge < -0.3 is 19.9 Å². The Hall–Kier alpha value is -1.30. The van der Waals surface area contributed by atoms with Gasteiger partial charge in [0.1, 0.15) is 0 Å². The van der Waals surface area contributed by atoms with Crippen molar-refractivity contribution in [3.63, 3.8) is 0 Å². The molecular weight excluding hydrogens is 246 g/mol. The highest BCUT2D eigenvalue weighted by atomic mass is 16.6. The monoisotopic (exact) mass is 269 g/mol. The summed E-state index contributed by atoms with van der Waals surface area (Å²) < 4.78 is 4.97. The molecule has 108 valence electrons. The summed E-state index contributed by atoms with van der Waals surface area (Å²) in [5, 5.41) is 3.26. The summed E-state index contributed by atoms with van der Waals surface area (Å²) in [4.78, 5) is 27.4. The van der Waals surface area contributed by atoms with Crippen LogP contribution in [0.15, 0.2) is 0 Å². The second-order valence-corrected chi connectivity index (χ2v) is 5.21. The Labute approximate surface area is 114 Å². The average molecular weight is 269 g/mol. The number of amides is 2. The van der Waals surface area contributed by atoms with Crippen LogP contribution in [0.1, 0.15) is 20.3 Å². The third kappa shape index (κ3) is 3.18. The minimum atomic E-state index is -0.276. The van der Waals surface area contributed by atoms with Crippen molar-refractivity contribution in [3.8, 4) is 0 Å². The van der Waals surface area contributed by atoms with Crippen molar-refractivity contribution in [1.82, 2.24) is 15.1 Å². The molecule has 19 heavy (non-hydrogen) atoms. The molecule has 0 aliphatic carbocycles. The summed E-state index contributed by atoms with van der Waals surface area (Å²) in [5.41, 5.74) is 0. The first-order chi connectivity index (χ1) is 9.13. The van der Waals surface area contributed by atoms with Gasteiger partial charge in [0, 0.05) is 26.2 Å². The smallest absolute Gasteiger partial charge is 0.409 e. The second-order valence-electron chi connectivity index (χ2n) is 5.21. The van der Waals surface area contributed by atoms with Crippen molar-refractivity contribution in [2.75, 3.05) is 39.3 Å². The molecule has 0 saturated carbocycles. The summed E-state index contributed by atoms with van der Waals surface area (Å²) in [6, 6.07) is -0.0471. The largest absolute Gasteiger partial charge is 0.450 e. The molecule has 0 aromatic carbocycles. The highest BCUT2D eigenvalue weighted by Gasteiger charge is 2.34. The lowest BCUT2D eigenvalue weighted by Gasteiger charge is -2.35. The van der Waals surface area contributed by atoms with Crippen molar-refractivity contribution < 1.29 is 14.3 Å². The highest BCUT2D eigenvalue weighted by molar-refractivity contribution is 5.83. The number of nitrogens with one attached hydrogen (secondary N) is 1. The predicted molar refractivity (Wildman–Crippen MR) is 70.7 cm³/mol. The molecule has 0 aromatic rings. The molecule has 6 heteroatoms. The van der Waals surface area contributed by atoms with E-state index in [1.807, 2.05) is 4.90 Å². The zero-order valence-corrected chi connectivity index (χ0v) is 11.7. The first kappa shape index (κ1) is 14.1. The SMILES string of the molecule is CCOC(=O)N1CCN(C(=O)C2NCCC2C)CC1. The molecule has 0 spiro atoms.